The van der Waals surface area contributed by atoms with E-state index in [2.05, 4.69) is 0 Å². The third-order valence-electron chi connectivity index (χ3n) is 0. The zero-order chi connectivity index (χ0) is 4.00. The van der Waals surface area contributed by atoms with Gasteiger partial charge in [0.15, 0.2) is 0 Å². The van der Waals surface area contributed by atoms with Crippen LogP contribution in [0.5, 0.6) is 0 Å². The van der Waals surface area contributed by atoms with Gasteiger partial charge in [-0.2, -0.15) is 0 Å². The van der Waals surface area contributed by atoms with Crippen molar-refractivity contribution in [2.75, 3.05) is 0 Å². The van der Waals surface area contributed by atoms with Gasteiger partial charge in [0.05, 0.1) is 0 Å². The van der Waals surface area contributed by atoms with Crippen molar-refractivity contribution >= 4 is 0 Å². The molecule has 0 atom stereocenters. The molecule has 0 bridgehead atoms. The molecule has 0 fully saturated rings. The first kappa shape index (κ1) is 74.4. The molecule has 7 heteroatoms. The van der Waals surface area contributed by atoms with Crippen molar-refractivity contribution in [3.05, 3.63) is 13.1 Å². The van der Waals surface area contributed by atoms with E-state index in [1.54, 1.807) is 0 Å². The Morgan fingerprint density at radius 3 is 0.667 bits per heavy atom. The van der Waals surface area contributed by atoms with Gasteiger partial charge < -0.3 is 57.6 Å². The van der Waals surface area contributed by atoms with Crippen LogP contribution in [0.2, 0.25) is 0 Å². The molecule has 0 rings (SSSR count). The zero-order valence-corrected chi connectivity index (χ0v) is 9.07. The first-order valence-corrected chi connectivity index (χ1v) is 0.447. The van der Waals surface area contributed by atoms with Gasteiger partial charge in [-0.3, -0.25) is 0 Å². The van der Waals surface area contributed by atoms with E-state index in [0.29, 0.717) is 0 Å². The van der Waals surface area contributed by atoms with Gasteiger partial charge in [0.1, 0.15) is 0 Å². The van der Waals surface area contributed by atoms with E-state index < -0.39 is 0 Å². The SMILES string of the molecule is [Br-].[Br-].[C-]#N.[C-]#N.[Cu+2].[Li+].[Li+]. The molecule has 0 unspecified atom stereocenters. The fourth-order valence-electron chi connectivity index (χ4n) is 0. The van der Waals surface area contributed by atoms with Gasteiger partial charge in [0, 0.05) is 0 Å². The maximum atomic E-state index is 6.25. The first-order chi connectivity index (χ1) is 2.00. The van der Waals surface area contributed by atoms with Crippen LogP contribution < -0.4 is 71.7 Å². The second kappa shape index (κ2) is 264. The molecule has 0 aromatic carbocycles. The summed E-state index contributed by atoms with van der Waals surface area (Å²) >= 11 is 0. The molecule has 0 aliphatic carbocycles. The van der Waals surface area contributed by atoms with Crippen LogP contribution in [0.4, 0.5) is 0 Å². The van der Waals surface area contributed by atoms with Gasteiger partial charge >= 0.3 is 54.8 Å². The van der Waals surface area contributed by atoms with E-state index in [4.69, 9.17) is 23.7 Å². The summed E-state index contributed by atoms with van der Waals surface area (Å²) in [6, 6.07) is 0. The summed E-state index contributed by atoms with van der Waals surface area (Å²) in [5.74, 6) is 0. The van der Waals surface area contributed by atoms with Gasteiger partial charge in [0.25, 0.3) is 0 Å². The Morgan fingerprint density at radius 2 is 0.667 bits per heavy atom. The molecular weight excluding hydrogens is 289 g/mol. The van der Waals surface area contributed by atoms with Crippen molar-refractivity contribution in [2.24, 2.45) is 0 Å². The Balaban J connectivity index is -0.00000000114. The number of halogens is 2. The molecule has 0 N–H and O–H groups in total. The van der Waals surface area contributed by atoms with Crippen LogP contribution in [0.25, 0.3) is 0 Å². The molecule has 9 heavy (non-hydrogen) atoms. The van der Waals surface area contributed by atoms with Crippen molar-refractivity contribution < 1.29 is 88.8 Å². The van der Waals surface area contributed by atoms with Crippen molar-refractivity contribution in [1.82, 2.24) is 0 Å². The predicted octanol–water partition coefficient (Wildman–Crippen LogP) is -11.8. The van der Waals surface area contributed by atoms with Gasteiger partial charge in [0.2, 0.25) is 0 Å². The molecular formula is C2Br2CuLi2N2. The van der Waals surface area contributed by atoms with Crippen LogP contribution in [0.1, 0.15) is 0 Å². The molecule has 45 valence electrons. The predicted molar refractivity (Wildman–Crippen MR) is 9.94 cm³/mol. The summed E-state index contributed by atoms with van der Waals surface area (Å²) in [6.45, 7) is 9.50. The summed E-state index contributed by atoms with van der Waals surface area (Å²) < 4.78 is 0. The van der Waals surface area contributed by atoms with E-state index in [-0.39, 0.29) is 88.8 Å². The van der Waals surface area contributed by atoms with Crippen molar-refractivity contribution in [3.63, 3.8) is 0 Å². The first-order valence-electron chi connectivity index (χ1n) is 0.447. The third kappa shape index (κ3) is 207. The molecule has 0 saturated heterocycles. The van der Waals surface area contributed by atoms with Gasteiger partial charge in [-0.25, -0.2) is 0 Å². The Kier molecular flexibility index (Phi) is 2180. The Bertz CT molecular complexity index is 36.0. The fraction of sp³-hybridized carbons (Fsp3) is 0. The molecule has 2 nitrogen and oxygen atoms in total. The van der Waals surface area contributed by atoms with E-state index in [9.17, 15) is 0 Å². The normalized spacial score (nSPS) is 0.444. The summed E-state index contributed by atoms with van der Waals surface area (Å²) in [7, 11) is 0. The molecule has 0 heterocycles. The average molecular weight is 289 g/mol. The van der Waals surface area contributed by atoms with E-state index in [1.165, 1.54) is 0 Å². The number of rotatable bonds is 0. The maximum absolute atomic E-state index is 6.25. The fourth-order valence-corrected chi connectivity index (χ4v) is 0. The number of hydrogen-bond acceptors (Lipinski definition) is 2. The van der Waals surface area contributed by atoms with Crippen LogP contribution in [-0.2, 0) is 17.1 Å². The standard InChI is InChI=1S/2CN.2BrH.Cu.2Li/c2*1-2;;;;;/h;;2*1H;;;/q2*-1;;;+2;2*+1/p-2. The smallest absolute Gasteiger partial charge is 1.00 e. The van der Waals surface area contributed by atoms with Crippen LogP contribution in [-0.4, -0.2) is 0 Å². The van der Waals surface area contributed by atoms with Crippen molar-refractivity contribution in [3.8, 4) is 0 Å². The molecule has 0 aromatic rings. The molecule has 0 aliphatic rings. The van der Waals surface area contributed by atoms with E-state index in [0.717, 1.165) is 0 Å². The Morgan fingerprint density at radius 1 is 0.667 bits per heavy atom. The molecule has 0 aliphatic heterocycles. The molecule has 0 spiro atoms. The minimum Gasteiger partial charge on any atom is -1.00 e. The Labute approximate surface area is 111 Å². The number of hydrogen-bond donors (Lipinski definition) is 0. The monoisotopic (exact) mass is 287 g/mol. The zero-order valence-electron chi connectivity index (χ0n) is 4.95. The maximum Gasteiger partial charge on any atom is 2.00 e. The van der Waals surface area contributed by atoms with Crippen LogP contribution in [0.3, 0.4) is 0 Å². The van der Waals surface area contributed by atoms with Crippen LogP contribution >= 0.6 is 0 Å². The third-order valence-corrected chi connectivity index (χ3v) is 0. The average Bonchev–Trinajstić information content (AvgIpc) is 1.50. The largest absolute Gasteiger partial charge is 2.00 e. The van der Waals surface area contributed by atoms with E-state index in [1.807, 2.05) is 0 Å². The second-order valence-electron chi connectivity index (χ2n) is 0. The summed E-state index contributed by atoms with van der Waals surface area (Å²) in [4.78, 5) is 0. The molecule has 0 saturated carbocycles. The van der Waals surface area contributed by atoms with Gasteiger partial charge in [-0.15, -0.1) is 0 Å². The minimum atomic E-state index is 0. The summed E-state index contributed by atoms with van der Waals surface area (Å²) in [5, 5.41) is 12.5. The summed E-state index contributed by atoms with van der Waals surface area (Å²) in [6.07, 6.45) is 0. The Hall–Kier alpha value is 1.65. The minimum absolute atomic E-state index is 0. The van der Waals surface area contributed by atoms with Crippen molar-refractivity contribution in [2.45, 2.75) is 0 Å². The van der Waals surface area contributed by atoms with Gasteiger partial charge in [-0.1, -0.05) is 0 Å². The van der Waals surface area contributed by atoms with Crippen LogP contribution in [0.15, 0.2) is 0 Å². The number of nitrogens with zero attached hydrogens (tertiary/aromatic N) is 2. The molecule has 0 amide bonds. The van der Waals surface area contributed by atoms with Crippen LogP contribution in [0, 0.1) is 23.7 Å². The molecule has 0 aromatic heterocycles. The topological polar surface area (TPSA) is 47.6 Å². The van der Waals surface area contributed by atoms with Gasteiger partial charge in [-0.05, 0) is 0 Å². The van der Waals surface area contributed by atoms with Crippen molar-refractivity contribution in [1.29, 1.82) is 10.5 Å². The van der Waals surface area contributed by atoms with E-state index >= 15 is 0 Å². The molecule has 1 radical (unpaired) electrons. The second-order valence-corrected chi connectivity index (χ2v) is 0. The summed E-state index contributed by atoms with van der Waals surface area (Å²) in [5.41, 5.74) is 0. The quantitative estimate of drug-likeness (QED) is 0.328.